The first-order chi connectivity index (χ1) is 18.7. The van der Waals surface area contributed by atoms with Gasteiger partial charge in [0, 0.05) is 12.4 Å². The lowest BCUT2D eigenvalue weighted by atomic mass is 10.00. The average Bonchev–Trinajstić information content (AvgIpc) is 3.57. The minimum atomic E-state index is 0.576. The van der Waals surface area contributed by atoms with Gasteiger partial charge in [-0.2, -0.15) is 10.2 Å². The summed E-state index contributed by atoms with van der Waals surface area (Å²) in [7, 11) is 0. The molecule has 38 heavy (non-hydrogen) atoms. The molecule has 0 saturated heterocycles. The van der Waals surface area contributed by atoms with Crippen molar-refractivity contribution in [1.82, 2.24) is 0 Å². The van der Waals surface area contributed by atoms with Crippen molar-refractivity contribution in [2.24, 2.45) is 33.9 Å². The second-order valence-corrected chi connectivity index (χ2v) is 11.3. The van der Waals surface area contributed by atoms with Crippen molar-refractivity contribution in [3.8, 4) is 0 Å². The third kappa shape index (κ3) is 6.92. The lowest BCUT2D eigenvalue weighted by Gasteiger charge is -2.23. The summed E-state index contributed by atoms with van der Waals surface area (Å²) in [6.07, 6.45) is 12.1. The molecular weight excluding hydrogens is 464 g/mol. The lowest BCUT2D eigenvalue weighted by molar-refractivity contribution is 0.536. The maximum atomic E-state index is 5.01. The van der Waals surface area contributed by atoms with Gasteiger partial charge in [0.15, 0.2) is 0 Å². The molecule has 4 atom stereocenters. The lowest BCUT2D eigenvalue weighted by Crippen LogP contribution is -2.19. The summed E-state index contributed by atoms with van der Waals surface area (Å²) in [6.45, 7) is 6.19. The first kappa shape index (κ1) is 26.2. The highest BCUT2D eigenvalue weighted by Crippen LogP contribution is 2.31. The van der Waals surface area contributed by atoms with Crippen molar-refractivity contribution in [2.45, 2.75) is 65.5 Å². The second kappa shape index (κ2) is 12.9. The first-order valence-corrected chi connectivity index (χ1v) is 14.5. The van der Waals surface area contributed by atoms with Crippen LogP contribution in [0.15, 0.2) is 95.1 Å². The van der Waals surface area contributed by atoms with Crippen LogP contribution >= 0.6 is 0 Å². The molecule has 4 unspecified atom stereocenters. The normalized spacial score (nSPS) is 23.4. The van der Waals surface area contributed by atoms with Crippen LogP contribution in [0.4, 0.5) is 11.4 Å². The van der Waals surface area contributed by atoms with E-state index in [1.807, 2.05) is 0 Å². The summed E-state index contributed by atoms with van der Waals surface area (Å²) >= 11 is 0. The summed E-state index contributed by atoms with van der Waals surface area (Å²) in [5.41, 5.74) is 4.76. The highest BCUT2D eigenvalue weighted by molar-refractivity contribution is 5.65. The molecule has 3 aromatic carbocycles. The summed E-state index contributed by atoms with van der Waals surface area (Å²) in [5.74, 6) is 2.59. The fraction of sp³-hybridized carbons (Fsp3) is 0.412. The molecule has 0 spiro atoms. The van der Waals surface area contributed by atoms with Gasteiger partial charge in [-0.15, -0.1) is 0 Å². The highest BCUT2D eigenvalue weighted by Gasteiger charge is 2.23. The van der Waals surface area contributed by atoms with E-state index in [1.165, 1.54) is 49.7 Å². The van der Waals surface area contributed by atoms with Gasteiger partial charge in [0.05, 0.1) is 24.5 Å². The number of hydrogen-bond donors (Lipinski definition) is 0. The summed E-state index contributed by atoms with van der Waals surface area (Å²) in [5, 5.41) is 14.3. The number of benzene rings is 3. The van der Waals surface area contributed by atoms with Gasteiger partial charge < -0.3 is 0 Å². The maximum Gasteiger partial charge on any atom is 0.0666 e. The molecule has 5 rings (SSSR count). The smallest absolute Gasteiger partial charge is 0.0666 e. The Kier molecular flexibility index (Phi) is 8.90. The zero-order valence-corrected chi connectivity index (χ0v) is 23.0. The summed E-state index contributed by atoms with van der Waals surface area (Å²) < 4.78 is 0. The number of nitrogens with zero attached hydrogens (tertiary/aromatic N) is 4. The van der Waals surface area contributed by atoms with Crippen LogP contribution in [-0.4, -0.2) is 12.4 Å². The zero-order valence-electron chi connectivity index (χ0n) is 23.0. The Morgan fingerprint density at radius 1 is 0.605 bits per heavy atom. The molecule has 2 aliphatic rings. The second-order valence-electron chi connectivity index (χ2n) is 11.3. The molecule has 4 nitrogen and oxygen atoms in total. The Bertz CT molecular complexity index is 1100. The van der Waals surface area contributed by atoms with Crippen LogP contribution in [0.3, 0.4) is 0 Å². The van der Waals surface area contributed by atoms with Gasteiger partial charge in [0.1, 0.15) is 0 Å². The molecule has 0 radical (unpaired) electrons. The van der Waals surface area contributed by atoms with E-state index < -0.39 is 0 Å². The molecule has 2 fully saturated rings. The summed E-state index contributed by atoms with van der Waals surface area (Å²) in [4.78, 5) is 0. The molecule has 0 amide bonds. The molecule has 0 heterocycles. The van der Waals surface area contributed by atoms with Crippen LogP contribution in [-0.2, 0) is 13.1 Å². The van der Waals surface area contributed by atoms with Gasteiger partial charge in [-0.3, -0.25) is 10.0 Å². The van der Waals surface area contributed by atoms with Gasteiger partial charge in [-0.05, 0) is 71.9 Å². The van der Waals surface area contributed by atoms with Crippen LogP contribution in [0.2, 0.25) is 0 Å². The van der Waals surface area contributed by atoms with Crippen molar-refractivity contribution < 1.29 is 0 Å². The van der Waals surface area contributed by atoms with Crippen molar-refractivity contribution in [3.63, 3.8) is 0 Å². The molecular formula is C34H42N4. The number of para-hydroxylation sites is 2. The minimum absolute atomic E-state index is 0.576. The zero-order chi connectivity index (χ0) is 26.2. The standard InChI is InChI=1S/C34H42N4/c1-27-12-9-16-31(27)23-35-37(33-18-5-3-6-19-33)25-29-14-11-15-30(22-29)26-38(34-20-7-4-8-21-34)36-24-32-17-10-13-28(32)2/h3-8,11,14-15,18-24,27-28,31-32H,9-10,12-13,16-17,25-26H2,1-2H3/b35-23+,36-24+. The molecule has 2 aliphatic carbocycles. The third-order valence-corrected chi connectivity index (χ3v) is 8.42. The SMILES string of the molecule is CC1CCCC1/C=N/N(Cc1cccc(CN(/N=C/C2CCCC2C)c2ccccc2)c1)c1ccccc1. The van der Waals surface area contributed by atoms with Gasteiger partial charge in [-0.25, -0.2) is 0 Å². The Balaban J connectivity index is 1.34. The first-order valence-electron chi connectivity index (χ1n) is 14.5. The Labute approximate surface area is 229 Å². The van der Waals surface area contributed by atoms with Crippen LogP contribution in [0.5, 0.6) is 0 Å². The quantitative estimate of drug-likeness (QED) is 0.204. The van der Waals surface area contributed by atoms with Gasteiger partial charge in [0.25, 0.3) is 0 Å². The number of anilines is 2. The van der Waals surface area contributed by atoms with E-state index in [4.69, 9.17) is 10.2 Å². The highest BCUT2D eigenvalue weighted by atomic mass is 15.5. The monoisotopic (exact) mass is 506 g/mol. The van der Waals surface area contributed by atoms with Crippen molar-refractivity contribution >= 4 is 23.8 Å². The molecule has 0 N–H and O–H groups in total. The van der Waals surface area contributed by atoms with E-state index in [1.54, 1.807) is 0 Å². The summed E-state index contributed by atoms with van der Waals surface area (Å²) in [6, 6.07) is 30.0. The Morgan fingerprint density at radius 2 is 1.05 bits per heavy atom. The third-order valence-electron chi connectivity index (χ3n) is 8.42. The fourth-order valence-corrected chi connectivity index (χ4v) is 5.89. The maximum absolute atomic E-state index is 5.01. The van der Waals surface area contributed by atoms with E-state index in [0.29, 0.717) is 11.8 Å². The van der Waals surface area contributed by atoms with E-state index in [-0.39, 0.29) is 0 Å². The van der Waals surface area contributed by atoms with E-state index in [9.17, 15) is 0 Å². The van der Waals surface area contributed by atoms with Crippen LogP contribution in [0.1, 0.15) is 63.5 Å². The van der Waals surface area contributed by atoms with Crippen molar-refractivity contribution in [1.29, 1.82) is 0 Å². The largest absolute Gasteiger partial charge is 0.261 e. The number of hydrogen-bond acceptors (Lipinski definition) is 4. The van der Waals surface area contributed by atoms with E-state index in [2.05, 4.69) is 121 Å². The van der Waals surface area contributed by atoms with Crippen LogP contribution in [0.25, 0.3) is 0 Å². The fourth-order valence-electron chi connectivity index (χ4n) is 5.89. The van der Waals surface area contributed by atoms with Crippen LogP contribution < -0.4 is 10.0 Å². The molecule has 3 aromatic rings. The van der Waals surface area contributed by atoms with Crippen molar-refractivity contribution in [2.75, 3.05) is 10.0 Å². The van der Waals surface area contributed by atoms with Gasteiger partial charge in [0.2, 0.25) is 0 Å². The Hall–Kier alpha value is -3.40. The molecule has 0 aromatic heterocycles. The van der Waals surface area contributed by atoms with Crippen molar-refractivity contribution in [3.05, 3.63) is 96.1 Å². The molecule has 2 saturated carbocycles. The minimum Gasteiger partial charge on any atom is -0.261 e. The van der Waals surface area contributed by atoms with Crippen LogP contribution in [0, 0.1) is 23.7 Å². The number of hydrazone groups is 2. The Morgan fingerprint density at radius 3 is 1.45 bits per heavy atom. The van der Waals surface area contributed by atoms with Gasteiger partial charge in [-0.1, -0.05) is 100 Å². The predicted octanol–water partition coefficient (Wildman–Crippen LogP) is 8.54. The van der Waals surface area contributed by atoms with E-state index >= 15 is 0 Å². The molecule has 198 valence electrons. The average molecular weight is 507 g/mol. The molecule has 4 heteroatoms. The molecule has 0 bridgehead atoms. The topological polar surface area (TPSA) is 31.2 Å². The molecule has 0 aliphatic heterocycles. The predicted molar refractivity (Wildman–Crippen MR) is 162 cm³/mol. The van der Waals surface area contributed by atoms with Gasteiger partial charge >= 0.3 is 0 Å². The number of rotatable bonds is 10. The van der Waals surface area contributed by atoms with E-state index in [0.717, 1.165) is 36.3 Å².